The van der Waals surface area contributed by atoms with Crippen molar-refractivity contribution in [1.29, 1.82) is 0 Å². The maximum absolute atomic E-state index is 5.68. The number of hydrogen-bond acceptors (Lipinski definition) is 3. The van der Waals surface area contributed by atoms with E-state index in [1.807, 2.05) is 33.0 Å². The van der Waals surface area contributed by atoms with Crippen molar-refractivity contribution >= 4 is 0 Å². The summed E-state index contributed by atoms with van der Waals surface area (Å²) in [4.78, 5) is 0. The van der Waals surface area contributed by atoms with Gasteiger partial charge in [0.1, 0.15) is 0 Å². The fourth-order valence-electron chi connectivity index (χ4n) is 2.25. The molecule has 0 saturated carbocycles. The molecule has 2 aromatic carbocycles. The molecule has 0 radical (unpaired) electrons. The molecule has 0 aliphatic heterocycles. The molecule has 2 rings (SSSR count). The van der Waals surface area contributed by atoms with Gasteiger partial charge in [0.05, 0.1) is 13.2 Å². The lowest BCUT2D eigenvalue weighted by atomic mass is 10.0. The highest BCUT2D eigenvalue weighted by Gasteiger charge is 2.07. The van der Waals surface area contributed by atoms with Crippen LogP contribution in [0.1, 0.15) is 19.4 Å². The Morgan fingerprint density at radius 2 is 1.43 bits per heavy atom. The van der Waals surface area contributed by atoms with E-state index in [-0.39, 0.29) is 0 Å². The normalized spacial score (nSPS) is 10.4. The maximum atomic E-state index is 5.68. The van der Waals surface area contributed by atoms with Gasteiger partial charge in [0, 0.05) is 6.54 Å². The van der Waals surface area contributed by atoms with E-state index in [9.17, 15) is 0 Å². The standard InChI is InChI=1S/C18H23NO2/c1-4-20-17-11-10-16(12-18(17)21-5-2)15-8-6-14(7-9-15)13-19-3/h6-12,19H,4-5,13H2,1-3H3. The summed E-state index contributed by atoms with van der Waals surface area (Å²) in [6.07, 6.45) is 0. The molecule has 0 unspecified atom stereocenters. The van der Waals surface area contributed by atoms with Crippen LogP contribution in [0.2, 0.25) is 0 Å². The summed E-state index contributed by atoms with van der Waals surface area (Å²) < 4.78 is 11.3. The molecule has 0 amide bonds. The van der Waals surface area contributed by atoms with Crippen LogP contribution in [0.25, 0.3) is 11.1 Å². The highest BCUT2D eigenvalue weighted by Crippen LogP contribution is 2.33. The lowest BCUT2D eigenvalue weighted by Gasteiger charge is -2.12. The molecule has 1 N–H and O–H groups in total. The van der Waals surface area contributed by atoms with Gasteiger partial charge in [-0.05, 0) is 49.7 Å². The van der Waals surface area contributed by atoms with Crippen LogP contribution >= 0.6 is 0 Å². The van der Waals surface area contributed by atoms with Crippen molar-refractivity contribution in [3.8, 4) is 22.6 Å². The van der Waals surface area contributed by atoms with Crippen molar-refractivity contribution in [3.63, 3.8) is 0 Å². The summed E-state index contributed by atoms with van der Waals surface area (Å²) in [5, 5.41) is 3.15. The van der Waals surface area contributed by atoms with Crippen molar-refractivity contribution in [1.82, 2.24) is 5.32 Å². The minimum absolute atomic E-state index is 0.630. The molecular formula is C18H23NO2. The molecular weight excluding hydrogens is 262 g/mol. The average molecular weight is 285 g/mol. The van der Waals surface area contributed by atoms with Gasteiger partial charge < -0.3 is 14.8 Å². The molecule has 0 aliphatic carbocycles. The molecule has 0 saturated heterocycles. The minimum Gasteiger partial charge on any atom is -0.490 e. The van der Waals surface area contributed by atoms with Crippen molar-refractivity contribution in [3.05, 3.63) is 48.0 Å². The van der Waals surface area contributed by atoms with Gasteiger partial charge in [0.15, 0.2) is 11.5 Å². The first-order valence-electron chi connectivity index (χ1n) is 7.42. The summed E-state index contributed by atoms with van der Waals surface area (Å²) in [7, 11) is 1.95. The molecule has 0 fully saturated rings. The molecule has 21 heavy (non-hydrogen) atoms. The van der Waals surface area contributed by atoms with E-state index in [0.717, 1.165) is 23.6 Å². The molecule has 0 heterocycles. The molecule has 0 aliphatic rings. The lowest BCUT2D eigenvalue weighted by molar-refractivity contribution is 0.288. The smallest absolute Gasteiger partial charge is 0.161 e. The zero-order valence-electron chi connectivity index (χ0n) is 13.0. The molecule has 3 heteroatoms. The number of hydrogen-bond donors (Lipinski definition) is 1. The van der Waals surface area contributed by atoms with Crippen LogP contribution in [0.15, 0.2) is 42.5 Å². The highest BCUT2D eigenvalue weighted by molar-refractivity contribution is 5.67. The van der Waals surface area contributed by atoms with Gasteiger partial charge in [0.2, 0.25) is 0 Å². The van der Waals surface area contributed by atoms with Crippen molar-refractivity contribution in [2.24, 2.45) is 0 Å². The van der Waals surface area contributed by atoms with Crippen molar-refractivity contribution in [2.45, 2.75) is 20.4 Å². The van der Waals surface area contributed by atoms with E-state index in [1.54, 1.807) is 0 Å². The van der Waals surface area contributed by atoms with Crippen molar-refractivity contribution < 1.29 is 9.47 Å². The second-order valence-corrected chi connectivity index (χ2v) is 4.75. The first kappa shape index (κ1) is 15.4. The summed E-state index contributed by atoms with van der Waals surface area (Å²) in [5.74, 6) is 1.60. The zero-order chi connectivity index (χ0) is 15.1. The third-order valence-electron chi connectivity index (χ3n) is 3.21. The summed E-state index contributed by atoms with van der Waals surface area (Å²) in [6, 6.07) is 14.6. The van der Waals surface area contributed by atoms with E-state index in [1.165, 1.54) is 11.1 Å². The third-order valence-corrected chi connectivity index (χ3v) is 3.21. The maximum Gasteiger partial charge on any atom is 0.161 e. The van der Waals surface area contributed by atoms with Gasteiger partial charge in [-0.1, -0.05) is 30.3 Å². The first-order valence-corrected chi connectivity index (χ1v) is 7.42. The molecule has 3 nitrogen and oxygen atoms in total. The molecule has 0 atom stereocenters. The quantitative estimate of drug-likeness (QED) is 0.837. The molecule has 2 aromatic rings. The van der Waals surface area contributed by atoms with E-state index in [4.69, 9.17) is 9.47 Å². The summed E-state index contributed by atoms with van der Waals surface area (Å²) in [5.41, 5.74) is 3.59. The second kappa shape index (κ2) is 7.70. The number of ether oxygens (including phenoxy) is 2. The Morgan fingerprint density at radius 3 is 2.05 bits per heavy atom. The van der Waals surface area contributed by atoms with Gasteiger partial charge in [-0.15, -0.1) is 0 Å². The van der Waals surface area contributed by atoms with E-state index in [2.05, 4.69) is 35.6 Å². The Kier molecular flexibility index (Phi) is 5.64. The fraction of sp³-hybridized carbons (Fsp3) is 0.333. The SMILES string of the molecule is CCOc1ccc(-c2ccc(CNC)cc2)cc1OCC. The van der Waals surface area contributed by atoms with Crippen LogP contribution in [0.5, 0.6) is 11.5 Å². The topological polar surface area (TPSA) is 30.5 Å². The van der Waals surface area contributed by atoms with Crippen LogP contribution in [0.4, 0.5) is 0 Å². The highest BCUT2D eigenvalue weighted by atomic mass is 16.5. The number of rotatable bonds is 7. The Balaban J connectivity index is 2.28. The Bertz CT molecular complexity index is 564. The Labute approximate surface area is 126 Å². The summed E-state index contributed by atoms with van der Waals surface area (Å²) in [6.45, 7) is 6.11. The Hall–Kier alpha value is -2.00. The van der Waals surface area contributed by atoms with E-state index >= 15 is 0 Å². The van der Waals surface area contributed by atoms with Gasteiger partial charge in [-0.25, -0.2) is 0 Å². The molecule has 0 spiro atoms. The largest absolute Gasteiger partial charge is 0.490 e. The predicted octanol–water partition coefficient (Wildman–Crippen LogP) is 3.87. The van der Waals surface area contributed by atoms with Crippen LogP contribution in [-0.2, 0) is 6.54 Å². The van der Waals surface area contributed by atoms with Crippen LogP contribution in [-0.4, -0.2) is 20.3 Å². The van der Waals surface area contributed by atoms with Gasteiger partial charge >= 0.3 is 0 Å². The third kappa shape index (κ3) is 3.99. The van der Waals surface area contributed by atoms with Crippen LogP contribution < -0.4 is 14.8 Å². The van der Waals surface area contributed by atoms with Gasteiger partial charge in [-0.2, -0.15) is 0 Å². The fourth-order valence-corrected chi connectivity index (χ4v) is 2.25. The van der Waals surface area contributed by atoms with Gasteiger partial charge in [-0.3, -0.25) is 0 Å². The zero-order valence-corrected chi connectivity index (χ0v) is 13.0. The van der Waals surface area contributed by atoms with Gasteiger partial charge in [0.25, 0.3) is 0 Å². The monoisotopic (exact) mass is 285 g/mol. The minimum atomic E-state index is 0.630. The first-order chi connectivity index (χ1) is 10.3. The molecule has 112 valence electrons. The molecule has 0 bridgehead atoms. The lowest BCUT2D eigenvalue weighted by Crippen LogP contribution is -2.04. The summed E-state index contributed by atoms with van der Waals surface area (Å²) >= 11 is 0. The average Bonchev–Trinajstić information content (AvgIpc) is 2.51. The number of nitrogens with one attached hydrogen (secondary N) is 1. The van der Waals surface area contributed by atoms with Crippen LogP contribution in [0, 0.1) is 0 Å². The second-order valence-electron chi connectivity index (χ2n) is 4.75. The van der Waals surface area contributed by atoms with Crippen LogP contribution in [0.3, 0.4) is 0 Å². The Morgan fingerprint density at radius 1 is 0.810 bits per heavy atom. The molecule has 0 aromatic heterocycles. The van der Waals surface area contributed by atoms with Crippen molar-refractivity contribution in [2.75, 3.05) is 20.3 Å². The predicted molar refractivity (Wildman–Crippen MR) is 87.0 cm³/mol. The number of benzene rings is 2. The van der Waals surface area contributed by atoms with E-state index < -0.39 is 0 Å². The van der Waals surface area contributed by atoms with E-state index in [0.29, 0.717) is 13.2 Å².